The van der Waals surface area contributed by atoms with Crippen LogP contribution in [0.15, 0.2) is 54.6 Å². The molecule has 1 nitrogen and oxygen atoms in total. The van der Waals surface area contributed by atoms with Crippen LogP contribution < -0.4 is 3.32 Å². The van der Waals surface area contributed by atoms with Crippen molar-refractivity contribution in [1.82, 2.24) is 0 Å². The maximum atomic E-state index is 6.08. The van der Waals surface area contributed by atoms with E-state index in [0.717, 1.165) is 5.75 Å². The summed E-state index contributed by atoms with van der Waals surface area (Å²) in [6.45, 7) is 6.70. The van der Waals surface area contributed by atoms with Crippen LogP contribution >= 0.6 is 0 Å². The molecule has 0 amide bonds. The van der Waals surface area contributed by atoms with Crippen LogP contribution in [0, 0.1) is 0 Å². The van der Waals surface area contributed by atoms with Gasteiger partial charge < -0.3 is 0 Å². The van der Waals surface area contributed by atoms with Gasteiger partial charge in [-0.2, -0.15) is 0 Å². The van der Waals surface area contributed by atoms with Crippen molar-refractivity contribution >= 4 is 0 Å². The molecular formula is C16H18OTi. The van der Waals surface area contributed by atoms with Crippen LogP contribution in [0.1, 0.15) is 20.8 Å². The van der Waals surface area contributed by atoms with Gasteiger partial charge in [0, 0.05) is 0 Å². The summed E-state index contributed by atoms with van der Waals surface area (Å²) in [5.74, 6) is 1.01. The summed E-state index contributed by atoms with van der Waals surface area (Å²) in [4.78, 5) is 0. The van der Waals surface area contributed by atoms with Crippen molar-refractivity contribution < 1.29 is 22.9 Å². The van der Waals surface area contributed by atoms with Crippen molar-refractivity contribution in [2.24, 2.45) is 0 Å². The fourth-order valence-electron chi connectivity index (χ4n) is 1.62. The van der Waals surface area contributed by atoms with E-state index in [1.165, 1.54) is 11.1 Å². The minimum absolute atomic E-state index is 0.295. The second kappa shape index (κ2) is 5.73. The molecule has 2 aromatic rings. The molecular weight excluding hydrogens is 256 g/mol. The van der Waals surface area contributed by atoms with Crippen molar-refractivity contribution in [1.29, 1.82) is 0 Å². The number of para-hydroxylation sites is 1. The predicted molar refractivity (Wildman–Crippen MR) is 72.2 cm³/mol. The minimum atomic E-state index is -0.446. The Morgan fingerprint density at radius 1 is 0.833 bits per heavy atom. The van der Waals surface area contributed by atoms with Gasteiger partial charge in [-0.1, -0.05) is 0 Å². The molecule has 0 aromatic heterocycles. The molecule has 0 bridgehead atoms. The van der Waals surface area contributed by atoms with E-state index in [-0.39, 0.29) is 0 Å². The molecule has 2 aromatic carbocycles. The Balaban J connectivity index is 2.27. The molecule has 0 aliphatic carbocycles. The van der Waals surface area contributed by atoms with Crippen molar-refractivity contribution in [3.8, 4) is 16.9 Å². The summed E-state index contributed by atoms with van der Waals surface area (Å²) < 4.78 is 6.38. The van der Waals surface area contributed by atoms with Crippen molar-refractivity contribution in [2.75, 3.05) is 0 Å². The van der Waals surface area contributed by atoms with Crippen LogP contribution in [0.25, 0.3) is 11.1 Å². The topological polar surface area (TPSA) is 9.23 Å². The summed E-state index contributed by atoms with van der Waals surface area (Å²) in [7, 11) is 0. The molecule has 2 rings (SSSR count). The van der Waals surface area contributed by atoms with E-state index in [2.05, 4.69) is 63.2 Å². The van der Waals surface area contributed by atoms with E-state index in [0.29, 0.717) is 3.72 Å². The normalized spacial score (nSPS) is 11.1. The molecule has 0 saturated heterocycles. The monoisotopic (exact) mass is 274 g/mol. The van der Waals surface area contributed by atoms with Gasteiger partial charge in [0.25, 0.3) is 0 Å². The first-order chi connectivity index (χ1) is 8.56. The Morgan fingerprint density at radius 3 is 2.11 bits per heavy atom. The fourth-order valence-corrected chi connectivity index (χ4v) is 2.55. The number of hydrogen-bond donors (Lipinski definition) is 0. The molecule has 0 unspecified atom stereocenters. The molecule has 0 atom stereocenters. The van der Waals surface area contributed by atoms with Gasteiger partial charge in [0.05, 0.1) is 0 Å². The summed E-state index contributed by atoms with van der Waals surface area (Å²) in [6.07, 6.45) is 0. The van der Waals surface area contributed by atoms with Crippen LogP contribution in [0.2, 0.25) is 3.72 Å². The molecule has 18 heavy (non-hydrogen) atoms. The Kier molecular flexibility index (Phi) is 4.26. The van der Waals surface area contributed by atoms with Gasteiger partial charge in [-0.3, -0.25) is 0 Å². The van der Waals surface area contributed by atoms with Gasteiger partial charge >= 0.3 is 119 Å². The second-order valence-electron chi connectivity index (χ2n) is 5.32. The molecule has 2 heteroatoms. The third kappa shape index (κ3) is 3.73. The summed E-state index contributed by atoms with van der Waals surface area (Å²) in [5, 5.41) is 0. The average Bonchev–Trinajstić information content (AvgIpc) is 2.37. The second-order valence-corrected chi connectivity index (χ2v) is 8.30. The summed E-state index contributed by atoms with van der Waals surface area (Å²) in [5.41, 5.74) is 2.40. The number of rotatable bonds is 3. The van der Waals surface area contributed by atoms with E-state index in [1.807, 2.05) is 12.1 Å². The van der Waals surface area contributed by atoms with E-state index in [9.17, 15) is 0 Å². The quantitative estimate of drug-likeness (QED) is 0.720. The maximum absolute atomic E-state index is 6.08. The van der Waals surface area contributed by atoms with Crippen LogP contribution in [0.4, 0.5) is 0 Å². The van der Waals surface area contributed by atoms with Gasteiger partial charge in [0.15, 0.2) is 0 Å². The molecule has 0 heterocycles. The van der Waals surface area contributed by atoms with E-state index >= 15 is 0 Å². The zero-order valence-corrected chi connectivity index (χ0v) is 12.7. The van der Waals surface area contributed by atoms with Gasteiger partial charge in [-0.25, -0.2) is 0 Å². The standard InChI is InChI=1S/C12H10O.C4H9.Ti/c13-12-9-5-4-8-11(12)10-6-2-1-3-7-10;1-4(2)3;/h1-9,13H;1-3H3;/q;;+1/p-1. The SMILES string of the molecule is C[C](C)(C)[Ti][O]c1ccccc1-c1ccccc1. The van der Waals surface area contributed by atoms with Crippen LogP contribution in [0.5, 0.6) is 5.75 Å². The fraction of sp³-hybridized carbons (Fsp3) is 0.250. The van der Waals surface area contributed by atoms with Crippen molar-refractivity contribution in [3.05, 3.63) is 54.6 Å². The molecule has 0 aliphatic rings. The molecule has 0 spiro atoms. The Hall–Kier alpha value is -1.05. The van der Waals surface area contributed by atoms with Crippen molar-refractivity contribution in [3.63, 3.8) is 0 Å². The molecule has 92 valence electrons. The molecule has 0 radical (unpaired) electrons. The first-order valence-corrected chi connectivity index (χ1v) is 7.56. The first-order valence-electron chi connectivity index (χ1n) is 6.15. The average molecular weight is 274 g/mol. The van der Waals surface area contributed by atoms with Crippen LogP contribution in [0.3, 0.4) is 0 Å². The summed E-state index contributed by atoms with van der Waals surface area (Å²) >= 11 is -0.446. The van der Waals surface area contributed by atoms with Gasteiger partial charge in [0.2, 0.25) is 0 Å². The molecule has 0 N–H and O–H groups in total. The van der Waals surface area contributed by atoms with E-state index in [4.69, 9.17) is 3.32 Å². The third-order valence-corrected chi connectivity index (χ3v) is 3.90. The van der Waals surface area contributed by atoms with Gasteiger partial charge in [0.1, 0.15) is 0 Å². The Morgan fingerprint density at radius 2 is 1.44 bits per heavy atom. The van der Waals surface area contributed by atoms with Crippen LogP contribution in [-0.4, -0.2) is 0 Å². The third-order valence-electron chi connectivity index (χ3n) is 2.44. The molecule has 0 aliphatic heterocycles. The zero-order valence-electron chi connectivity index (χ0n) is 11.1. The molecule has 0 fully saturated rings. The molecule has 0 saturated carbocycles. The number of hydrogen-bond acceptors (Lipinski definition) is 1. The first kappa shape index (κ1) is 13.4. The van der Waals surface area contributed by atoms with E-state index in [1.54, 1.807) is 0 Å². The summed E-state index contributed by atoms with van der Waals surface area (Å²) in [6, 6.07) is 18.7. The van der Waals surface area contributed by atoms with E-state index < -0.39 is 19.5 Å². The zero-order chi connectivity index (χ0) is 13.0. The van der Waals surface area contributed by atoms with Gasteiger partial charge in [-0.15, -0.1) is 0 Å². The van der Waals surface area contributed by atoms with Gasteiger partial charge in [-0.05, 0) is 0 Å². The Bertz CT molecular complexity index is 500. The van der Waals surface area contributed by atoms with Crippen molar-refractivity contribution in [2.45, 2.75) is 24.5 Å². The number of benzene rings is 2. The van der Waals surface area contributed by atoms with Crippen LogP contribution in [-0.2, 0) is 19.5 Å². The predicted octanol–water partition coefficient (Wildman–Crippen LogP) is 4.95. The Labute approximate surface area is 119 Å².